The standard InChI is InChI=1S/C14H22ClNO2/c1-14(2,7-8-17)10-16-9-13(18)11-3-5-12(15)6-4-11/h3-6,13,16-18H,7-10H2,1-2H3. The molecule has 0 aliphatic rings. The fraction of sp³-hybridized carbons (Fsp3) is 0.571. The fourth-order valence-electron chi connectivity index (χ4n) is 1.74. The van der Waals surface area contributed by atoms with E-state index in [0.29, 0.717) is 11.6 Å². The third-order valence-electron chi connectivity index (χ3n) is 2.98. The Morgan fingerprint density at radius 2 is 1.89 bits per heavy atom. The van der Waals surface area contributed by atoms with Crippen molar-refractivity contribution >= 4 is 11.6 Å². The minimum absolute atomic E-state index is 0.0362. The minimum atomic E-state index is -0.535. The van der Waals surface area contributed by atoms with E-state index in [2.05, 4.69) is 19.2 Å². The van der Waals surface area contributed by atoms with Gasteiger partial charge in [-0.1, -0.05) is 37.6 Å². The lowest BCUT2D eigenvalue weighted by atomic mass is 9.89. The summed E-state index contributed by atoms with van der Waals surface area (Å²) in [5.74, 6) is 0. The van der Waals surface area contributed by atoms with Crippen LogP contribution in [0.5, 0.6) is 0 Å². The molecule has 102 valence electrons. The van der Waals surface area contributed by atoms with Crippen molar-refractivity contribution in [1.29, 1.82) is 0 Å². The van der Waals surface area contributed by atoms with Crippen molar-refractivity contribution in [3.63, 3.8) is 0 Å². The second kappa shape index (κ2) is 7.10. The highest BCUT2D eigenvalue weighted by Gasteiger charge is 2.17. The Morgan fingerprint density at radius 3 is 2.44 bits per heavy atom. The molecular weight excluding hydrogens is 250 g/mol. The first-order chi connectivity index (χ1) is 8.44. The predicted molar refractivity (Wildman–Crippen MR) is 74.8 cm³/mol. The van der Waals surface area contributed by atoms with Crippen LogP contribution in [0.15, 0.2) is 24.3 Å². The Hall–Kier alpha value is -0.610. The molecule has 0 aliphatic heterocycles. The van der Waals surface area contributed by atoms with Gasteiger partial charge in [0, 0.05) is 24.7 Å². The second-order valence-electron chi connectivity index (χ2n) is 5.34. The maximum absolute atomic E-state index is 9.98. The van der Waals surface area contributed by atoms with Crippen LogP contribution in [0.1, 0.15) is 31.9 Å². The summed E-state index contributed by atoms with van der Waals surface area (Å²) >= 11 is 5.79. The lowest BCUT2D eigenvalue weighted by Crippen LogP contribution is -2.32. The number of halogens is 1. The highest BCUT2D eigenvalue weighted by molar-refractivity contribution is 6.30. The Balaban J connectivity index is 2.37. The molecule has 0 heterocycles. The van der Waals surface area contributed by atoms with Crippen LogP contribution in [-0.4, -0.2) is 29.9 Å². The molecular formula is C14H22ClNO2. The average molecular weight is 272 g/mol. The monoisotopic (exact) mass is 271 g/mol. The van der Waals surface area contributed by atoms with E-state index in [1.165, 1.54) is 0 Å². The van der Waals surface area contributed by atoms with Crippen molar-refractivity contribution in [3.05, 3.63) is 34.9 Å². The van der Waals surface area contributed by atoms with Crippen molar-refractivity contribution in [2.75, 3.05) is 19.7 Å². The molecule has 1 aromatic rings. The van der Waals surface area contributed by atoms with Crippen molar-refractivity contribution < 1.29 is 10.2 Å². The normalized spacial score (nSPS) is 13.6. The Morgan fingerprint density at radius 1 is 1.28 bits per heavy atom. The van der Waals surface area contributed by atoms with Crippen molar-refractivity contribution in [2.24, 2.45) is 5.41 Å². The smallest absolute Gasteiger partial charge is 0.0914 e. The van der Waals surface area contributed by atoms with Gasteiger partial charge in [-0.25, -0.2) is 0 Å². The van der Waals surface area contributed by atoms with Gasteiger partial charge in [-0.3, -0.25) is 0 Å². The van der Waals surface area contributed by atoms with Gasteiger partial charge in [-0.15, -0.1) is 0 Å². The number of hydrogen-bond donors (Lipinski definition) is 3. The molecule has 18 heavy (non-hydrogen) atoms. The molecule has 1 unspecified atom stereocenters. The predicted octanol–water partition coefficient (Wildman–Crippen LogP) is 2.37. The summed E-state index contributed by atoms with van der Waals surface area (Å²) in [5.41, 5.74) is 0.890. The quantitative estimate of drug-likeness (QED) is 0.714. The van der Waals surface area contributed by atoms with Crippen LogP contribution in [0, 0.1) is 5.41 Å². The molecule has 0 fully saturated rings. The number of rotatable bonds is 7. The topological polar surface area (TPSA) is 52.5 Å². The van der Waals surface area contributed by atoms with Gasteiger partial charge in [0.15, 0.2) is 0 Å². The van der Waals surface area contributed by atoms with Crippen LogP contribution < -0.4 is 5.32 Å². The highest BCUT2D eigenvalue weighted by atomic mass is 35.5. The van der Waals surface area contributed by atoms with Gasteiger partial charge >= 0.3 is 0 Å². The van der Waals surface area contributed by atoms with E-state index >= 15 is 0 Å². The van der Waals surface area contributed by atoms with E-state index in [1.807, 2.05) is 12.1 Å². The second-order valence-corrected chi connectivity index (χ2v) is 5.77. The molecule has 1 atom stereocenters. The number of aliphatic hydroxyl groups is 2. The summed E-state index contributed by atoms with van der Waals surface area (Å²) in [7, 11) is 0. The fourth-order valence-corrected chi connectivity index (χ4v) is 1.87. The maximum Gasteiger partial charge on any atom is 0.0914 e. The van der Waals surface area contributed by atoms with Crippen molar-refractivity contribution in [1.82, 2.24) is 5.32 Å². The average Bonchev–Trinajstić information content (AvgIpc) is 2.29. The van der Waals surface area contributed by atoms with Crippen molar-refractivity contribution in [2.45, 2.75) is 26.4 Å². The summed E-state index contributed by atoms with van der Waals surface area (Å²) in [4.78, 5) is 0. The Kier molecular flexibility index (Phi) is 6.09. The largest absolute Gasteiger partial charge is 0.396 e. The van der Waals surface area contributed by atoms with E-state index in [-0.39, 0.29) is 12.0 Å². The van der Waals surface area contributed by atoms with Crippen LogP contribution in [0.2, 0.25) is 5.02 Å². The van der Waals surface area contributed by atoms with Gasteiger partial charge in [-0.05, 0) is 29.5 Å². The molecule has 0 radical (unpaired) electrons. The number of nitrogens with one attached hydrogen (secondary N) is 1. The lowest BCUT2D eigenvalue weighted by Gasteiger charge is -2.24. The van der Waals surface area contributed by atoms with Crippen molar-refractivity contribution in [3.8, 4) is 0 Å². The summed E-state index contributed by atoms with van der Waals surface area (Å²) in [5, 5.41) is 22.8. The third-order valence-corrected chi connectivity index (χ3v) is 3.24. The summed E-state index contributed by atoms with van der Waals surface area (Å²) in [6.45, 7) is 5.62. The first kappa shape index (κ1) is 15.4. The zero-order valence-corrected chi connectivity index (χ0v) is 11.7. The summed E-state index contributed by atoms with van der Waals surface area (Å²) < 4.78 is 0. The van der Waals surface area contributed by atoms with E-state index in [4.69, 9.17) is 16.7 Å². The zero-order valence-electron chi connectivity index (χ0n) is 11.0. The molecule has 0 aliphatic carbocycles. The molecule has 4 heteroatoms. The Bertz CT molecular complexity index is 351. The van der Waals surface area contributed by atoms with Crippen LogP contribution >= 0.6 is 11.6 Å². The van der Waals surface area contributed by atoms with E-state index < -0.39 is 6.10 Å². The SMILES string of the molecule is CC(C)(CCO)CNCC(O)c1ccc(Cl)cc1. The number of benzene rings is 1. The van der Waals surface area contributed by atoms with Gasteiger partial charge in [0.2, 0.25) is 0 Å². The van der Waals surface area contributed by atoms with E-state index in [0.717, 1.165) is 18.5 Å². The van der Waals surface area contributed by atoms with E-state index in [1.54, 1.807) is 12.1 Å². The van der Waals surface area contributed by atoms with Crippen LogP contribution in [0.3, 0.4) is 0 Å². The highest BCUT2D eigenvalue weighted by Crippen LogP contribution is 2.19. The molecule has 1 aromatic carbocycles. The van der Waals surface area contributed by atoms with Gasteiger partial charge in [0.1, 0.15) is 0 Å². The molecule has 0 saturated heterocycles. The minimum Gasteiger partial charge on any atom is -0.396 e. The molecule has 0 saturated carbocycles. The lowest BCUT2D eigenvalue weighted by molar-refractivity contribution is 0.161. The van der Waals surface area contributed by atoms with Crippen LogP contribution in [0.4, 0.5) is 0 Å². The summed E-state index contributed by atoms with van der Waals surface area (Å²) in [6.07, 6.45) is 0.212. The van der Waals surface area contributed by atoms with E-state index in [9.17, 15) is 5.11 Å². The van der Waals surface area contributed by atoms with Gasteiger partial charge < -0.3 is 15.5 Å². The van der Waals surface area contributed by atoms with Gasteiger partial charge in [-0.2, -0.15) is 0 Å². The van der Waals surface area contributed by atoms with Gasteiger partial charge in [0.05, 0.1) is 6.10 Å². The number of aliphatic hydroxyl groups excluding tert-OH is 2. The molecule has 1 rings (SSSR count). The first-order valence-electron chi connectivity index (χ1n) is 6.20. The van der Waals surface area contributed by atoms with Gasteiger partial charge in [0.25, 0.3) is 0 Å². The molecule has 0 spiro atoms. The first-order valence-corrected chi connectivity index (χ1v) is 6.57. The molecule has 3 N–H and O–H groups in total. The summed E-state index contributed by atoms with van der Waals surface area (Å²) in [6, 6.07) is 7.20. The van der Waals surface area contributed by atoms with Crippen LogP contribution in [-0.2, 0) is 0 Å². The molecule has 3 nitrogen and oxygen atoms in total. The molecule has 0 aromatic heterocycles. The third kappa shape index (κ3) is 5.36. The Labute approximate surface area is 114 Å². The number of hydrogen-bond acceptors (Lipinski definition) is 3. The molecule has 0 amide bonds. The zero-order chi connectivity index (χ0) is 13.6. The van der Waals surface area contributed by atoms with Crippen LogP contribution in [0.25, 0.3) is 0 Å². The maximum atomic E-state index is 9.98. The molecule has 0 bridgehead atoms.